The number of hydrogen-bond donors (Lipinski definition) is 1. The molecule has 2 aliphatic carbocycles. The van der Waals surface area contributed by atoms with E-state index in [0.29, 0.717) is 17.2 Å². The third kappa shape index (κ3) is 7.16. The van der Waals surface area contributed by atoms with Crippen molar-refractivity contribution in [1.82, 2.24) is 5.32 Å². The standard InChI is InChI=1S/C14H14ClNO2.C14H18ClNO.Al.Li.H/c1-18-13-8-4-5-9-14(13,16-10-17)11-6-2-3-7-12(11)15;1-16-14(10-6-5-9-13(14)17-2)11-7-3-4-8-12(11)15;;;/h2-3,6-8H,4-5,9H2,1H3;3-4,7-9,16H,5-6,10H2,1-2H3;;;/q;;;+1;-1/t2*14-;;;/m00.../s1. The van der Waals surface area contributed by atoms with E-state index in [9.17, 15) is 4.79 Å². The van der Waals surface area contributed by atoms with Gasteiger partial charge in [0.2, 0.25) is 6.08 Å². The van der Waals surface area contributed by atoms with Crippen LogP contribution < -0.4 is 24.2 Å². The first-order valence-corrected chi connectivity index (χ1v) is 12.5. The molecule has 0 aromatic heterocycles. The van der Waals surface area contributed by atoms with Crippen LogP contribution in [-0.4, -0.2) is 44.7 Å². The van der Waals surface area contributed by atoms with Crippen molar-refractivity contribution >= 4 is 46.6 Å². The Balaban J connectivity index is 0.000000669. The number of likely N-dealkylation sites (N-methyl/N-ethyl adjacent to an activating group) is 1. The molecular formula is C28H33AlCl2LiN2O3. The number of nitrogens with one attached hydrogen (secondary N) is 1. The van der Waals surface area contributed by atoms with E-state index < -0.39 is 5.54 Å². The first-order valence-electron chi connectivity index (χ1n) is 11.8. The Kier molecular flexibility index (Phi) is 14.4. The molecule has 2 atom stereocenters. The summed E-state index contributed by atoms with van der Waals surface area (Å²) in [5.74, 6) is 1.64. The Bertz CT molecular complexity index is 1150. The molecule has 2 aromatic rings. The summed E-state index contributed by atoms with van der Waals surface area (Å²) >= 11 is 12.6. The van der Waals surface area contributed by atoms with Crippen LogP contribution in [0.5, 0.6) is 0 Å². The van der Waals surface area contributed by atoms with E-state index in [2.05, 4.69) is 22.5 Å². The van der Waals surface area contributed by atoms with Crippen molar-refractivity contribution in [1.29, 1.82) is 0 Å². The Morgan fingerprint density at radius 2 is 1.41 bits per heavy atom. The van der Waals surface area contributed by atoms with Crippen LogP contribution in [0.3, 0.4) is 0 Å². The number of rotatable bonds is 6. The summed E-state index contributed by atoms with van der Waals surface area (Å²) in [6.45, 7) is 0. The molecule has 9 heteroatoms. The van der Waals surface area contributed by atoms with Crippen LogP contribution in [0, 0.1) is 0 Å². The fraction of sp³-hybridized carbons (Fsp3) is 0.393. The molecule has 2 aromatic carbocycles. The van der Waals surface area contributed by atoms with Crippen molar-refractivity contribution in [3.63, 3.8) is 0 Å². The van der Waals surface area contributed by atoms with E-state index in [-0.39, 0.29) is 43.2 Å². The maximum atomic E-state index is 10.8. The monoisotopic (exact) mass is 549 g/mol. The van der Waals surface area contributed by atoms with Crippen LogP contribution in [0.15, 0.2) is 77.2 Å². The van der Waals surface area contributed by atoms with Gasteiger partial charge < -0.3 is 16.2 Å². The molecule has 4 rings (SSSR count). The van der Waals surface area contributed by atoms with Gasteiger partial charge in [-0.2, -0.15) is 4.99 Å². The molecule has 0 amide bonds. The van der Waals surface area contributed by atoms with Gasteiger partial charge in [-0.3, -0.25) is 0 Å². The second-order valence-corrected chi connectivity index (χ2v) is 9.32. The van der Waals surface area contributed by atoms with Gasteiger partial charge in [-0.15, -0.1) is 0 Å². The number of carbonyl (C=O) groups excluding carboxylic acids is 1. The minimum atomic E-state index is -0.812. The zero-order chi connectivity index (χ0) is 25.3. The summed E-state index contributed by atoms with van der Waals surface area (Å²) in [5, 5.41) is 4.77. The first kappa shape index (κ1) is 33.6. The molecule has 5 nitrogen and oxygen atoms in total. The number of benzene rings is 2. The molecule has 0 heterocycles. The zero-order valence-electron chi connectivity index (χ0n) is 23.0. The normalized spacial score (nSPS) is 22.3. The predicted octanol–water partition coefficient (Wildman–Crippen LogP) is 3.79. The van der Waals surface area contributed by atoms with E-state index in [1.165, 1.54) is 0 Å². The summed E-state index contributed by atoms with van der Waals surface area (Å²) in [7, 11) is 5.27. The Labute approximate surface area is 254 Å². The van der Waals surface area contributed by atoms with Gasteiger partial charge in [0, 0.05) is 33.0 Å². The van der Waals surface area contributed by atoms with E-state index in [4.69, 9.17) is 32.7 Å². The Morgan fingerprint density at radius 1 is 0.892 bits per heavy atom. The molecule has 2 aliphatic rings. The van der Waals surface area contributed by atoms with Crippen molar-refractivity contribution in [2.45, 2.75) is 49.6 Å². The number of nitrogens with zero attached hydrogens (tertiary/aromatic N) is 1. The summed E-state index contributed by atoms with van der Waals surface area (Å²) in [6, 6.07) is 15.4. The topological polar surface area (TPSA) is 59.9 Å². The molecule has 3 radical (unpaired) electrons. The smallest absolute Gasteiger partial charge is 1.00 e. The van der Waals surface area contributed by atoms with Gasteiger partial charge in [-0.25, -0.2) is 4.79 Å². The maximum absolute atomic E-state index is 10.8. The number of ether oxygens (including phenoxy) is 2. The zero-order valence-corrected chi connectivity index (χ0v) is 24.7. The summed E-state index contributed by atoms with van der Waals surface area (Å²) < 4.78 is 10.9. The number of hydrogen-bond acceptors (Lipinski definition) is 5. The van der Waals surface area contributed by atoms with Crippen LogP contribution in [0.25, 0.3) is 0 Å². The Morgan fingerprint density at radius 3 is 1.92 bits per heavy atom. The van der Waals surface area contributed by atoms with E-state index in [1.807, 2.05) is 49.5 Å². The Hall–Kier alpha value is -1.43. The van der Waals surface area contributed by atoms with Crippen molar-refractivity contribution in [3.8, 4) is 0 Å². The number of aliphatic imine (C=N–C) groups is 1. The van der Waals surface area contributed by atoms with Crippen molar-refractivity contribution in [2.75, 3.05) is 21.3 Å². The molecule has 0 saturated carbocycles. The van der Waals surface area contributed by atoms with Gasteiger partial charge in [-0.1, -0.05) is 59.6 Å². The van der Waals surface area contributed by atoms with Gasteiger partial charge in [-0.05, 0) is 75.4 Å². The van der Waals surface area contributed by atoms with E-state index >= 15 is 0 Å². The van der Waals surface area contributed by atoms with E-state index in [1.54, 1.807) is 26.4 Å². The molecule has 0 bridgehead atoms. The minimum absolute atomic E-state index is 0. The maximum Gasteiger partial charge on any atom is 1.00 e. The van der Waals surface area contributed by atoms with Crippen molar-refractivity contribution in [2.24, 2.45) is 4.99 Å². The van der Waals surface area contributed by atoms with Gasteiger partial charge in [0.25, 0.3) is 0 Å². The second-order valence-electron chi connectivity index (χ2n) is 8.51. The third-order valence-corrected chi connectivity index (χ3v) is 7.40. The van der Waals surface area contributed by atoms with Gasteiger partial charge in [0.15, 0.2) is 5.54 Å². The quantitative estimate of drug-likeness (QED) is 0.338. The van der Waals surface area contributed by atoms with Crippen LogP contribution in [0.2, 0.25) is 10.0 Å². The average molecular weight is 550 g/mol. The summed E-state index contributed by atoms with van der Waals surface area (Å²) in [6.07, 6.45) is 11.6. The molecule has 191 valence electrons. The van der Waals surface area contributed by atoms with E-state index in [0.717, 1.165) is 54.0 Å². The minimum Gasteiger partial charge on any atom is -1.00 e. The molecular weight excluding hydrogens is 517 g/mol. The molecule has 1 N–H and O–H groups in total. The largest absolute Gasteiger partial charge is 1.00 e. The number of halogens is 2. The number of methoxy groups -OCH3 is 2. The first-order chi connectivity index (χ1) is 17.0. The predicted molar refractivity (Wildman–Crippen MR) is 148 cm³/mol. The summed E-state index contributed by atoms with van der Waals surface area (Å²) in [4.78, 5) is 14.8. The van der Waals surface area contributed by atoms with Crippen LogP contribution >= 0.6 is 23.2 Å². The SMILES string of the molecule is CN[C@]1(c2ccccc2Cl)CCCC=C1OC.COC1=CCCC[C@]1(N=C=O)c1ccccc1Cl.[Al].[H-].[Li+]. The van der Waals surface area contributed by atoms with Gasteiger partial charge in [0.05, 0.1) is 14.2 Å². The van der Waals surface area contributed by atoms with Crippen molar-refractivity contribution < 1.29 is 34.6 Å². The fourth-order valence-electron chi connectivity index (χ4n) is 5.06. The average Bonchev–Trinajstić information content (AvgIpc) is 2.90. The summed E-state index contributed by atoms with van der Waals surface area (Å²) in [5.41, 5.74) is 0.804. The van der Waals surface area contributed by atoms with Gasteiger partial charge in [0.1, 0.15) is 17.1 Å². The van der Waals surface area contributed by atoms with Crippen LogP contribution in [-0.2, 0) is 25.3 Å². The molecule has 0 aliphatic heterocycles. The molecule has 0 spiro atoms. The molecule has 0 unspecified atom stereocenters. The van der Waals surface area contributed by atoms with Crippen LogP contribution in [0.4, 0.5) is 0 Å². The molecule has 0 saturated heterocycles. The number of isocyanates is 1. The van der Waals surface area contributed by atoms with Gasteiger partial charge >= 0.3 is 18.9 Å². The number of allylic oxidation sites excluding steroid dienone is 2. The third-order valence-electron chi connectivity index (χ3n) is 6.74. The fourth-order valence-corrected chi connectivity index (χ4v) is 5.65. The van der Waals surface area contributed by atoms with Crippen molar-refractivity contribution in [3.05, 3.63) is 93.4 Å². The molecule has 37 heavy (non-hydrogen) atoms. The second kappa shape index (κ2) is 15.9. The molecule has 0 fully saturated rings. The van der Waals surface area contributed by atoms with Crippen LogP contribution in [0.1, 0.15) is 51.1 Å².